The molecule has 23 heavy (non-hydrogen) atoms. The molecule has 4 heteroatoms. The molecule has 1 aliphatic heterocycles. The van der Waals surface area contributed by atoms with Crippen LogP contribution in [0.5, 0.6) is 0 Å². The molecule has 0 bridgehead atoms. The zero-order chi connectivity index (χ0) is 16.2. The third-order valence-electron chi connectivity index (χ3n) is 4.23. The molecule has 0 aliphatic carbocycles. The zero-order valence-corrected chi connectivity index (χ0v) is 12.9. The second-order valence-corrected chi connectivity index (χ2v) is 5.75. The van der Waals surface area contributed by atoms with Crippen LogP contribution in [-0.2, 0) is 0 Å². The van der Waals surface area contributed by atoms with Crippen LogP contribution in [0.4, 0.5) is 0 Å². The van der Waals surface area contributed by atoms with Crippen LogP contribution < -0.4 is 0 Å². The lowest BCUT2D eigenvalue weighted by Crippen LogP contribution is -2.36. The number of hydrogen-bond donors (Lipinski definition) is 1. The second kappa shape index (κ2) is 6.65. The van der Waals surface area contributed by atoms with Gasteiger partial charge in [0.2, 0.25) is 0 Å². The standard InChI is InChI=1S/C19H19NO3/c21-18(20-12-5-2-6-13-20)15-10-7-11-16(19(22)23)17(15)14-8-3-1-4-9-14/h1,3-4,7-11H,2,5-6,12-13H2,(H,22,23). The molecule has 0 aromatic heterocycles. The Labute approximate surface area is 135 Å². The molecule has 1 saturated heterocycles. The Morgan fingerprint density at radius 2 is 1.48 bits per heavy atom. The Bertz CT molecular complexity index is 719. The van der Waals surface area contributed by atoms with Crippen molar-refractivity contribution in [3.63, 3.8) is 0 Å². The number of benzene rings is 2. The summed E-state index contributed by atoms with van der Waals surface area (Å²) in [5, 5.41) is 9.52. The Kier molecular flexibility index (Phi) is 4.42. The first-order chi connectivity index (χ1) is 11.2. The zero-order valence-electron chi connectivity index (χ0n) is 12.9. The minimum atomic E-state index is -1.02. The number of carboxylic acid groups (broad SMARTS) is 1. The van der Waals surface area contributed by atoms with E-state index in [1.165, 1.54) is 0 Å². The summed E-state index contributed by atoms with van der Waals surface area (Å²) < 4.78 is 0. The molecule has 1 heterocycles. The van der Waals surface area contributed by atoms with Gasteiger partial charge in [0.25, 0.3) is 5.91 Å². The van der Waals surface area contributed by atoms with Crippen molar-refractivity contribution in [3.05, 3.63) is 59.7 Å². The largest absolute Gasteiger partial charge is 0.478 e. The van der Waals surface area contributed by atoms with Crippen LogP contribution in [0.3, 0.4) is 0 Å². The van der Waals surface area contributed by atoms with E-state index in [-0.39, 0.29) is 11.5 Å². The molecule has 1 amide bonds. The summed E-state index contributed by atoms with van der Waals surface area (Å²) in [4.78, 5) is 26.4. The fourth-order valence-corrected chi connectivity index (χ4v) is 3.09. The SMILES string of the molecule is O=C(O)c1cccc(C(=O)N2CCCCC2)c1-c1ccccc1. The fraction of sp³-hybridized carbons (Fsp3) is 0.263. The minimum Gasteiger partial charge on any atom is -0.478 e. The lowest BCUT2D eigenvalue weighted by molar-refractivity contribution is 0.0697. The second-order valence-electron chi connectivity index (χ2n) is 5.75. The van der Waals surface area contributed by atoms with E-state index in [4.69, 9.17) is 0 Å². The monoisotopic (exact) mass is 309 g/mol. The highest BCUT2D eigenvalue weighted by atomic mass is 16.4. The maximum Gasteiger partial charge on any atom is 0.336 e. The van der Waals surface area contributed by atoms with Gasteiger partial charge >= 0.3 is 5.97 Å². The fourth-order valence-electron chi connectivity index (χ4n) is 3.09. The third kappa shape index (κ3) is 3.11. The predicted molar refractivity (Wildman–Crippen MR) is 88.6 cm³/mol. The topological polar surface area (TPSA) is 57.6 Å². The van der Waals surface area contributed by atoms with Gasteiger partial charge in [-0.2, -0.15) is 0 Å². The van der Waals surface area contributed by atoms with Gasteiger partial charge in [-0.15, -0.1) is 0 Å². The van der Waals surface area contributed by atoms with Crippen molar-refractivity contribution in [2.24, 2.45) is 0 Å². The number of carbonyl (C=O) groups is 2. The first-order valence-electron chi connectivity index (χ1n) is 7.89. The average Bonchev–Trinajstić information content (AvgIpc) is 2.62. The molecule has 1 fully saturated rings. The maximum atomic E-state index is 12.9. The Hall–Kier alpha value is -2.62. The summed E-state index contributed by atoms with van der Waals surface area (Å²) in [6, 6.07) is 14.2. The highest BCUT2D eigenvalue weighted by Crippen LogP contribution is 2.29. The van der Waals surface area contributed by atoms with Crippen molar-refractivity contribution >= 4 is 11.9 Å². The molecule has 2 aromatic rings. The number of nitrogens with zero attached hydrogens (tertiary/aromatic N) is 1. The number of carbonyl (C=O) groups excluding carboxylic acids is 1. The van der Waals surface area contributed by atoms with Gasteiger partial charge in [0, 0.05) is 24.2 Å². The molecule has 3 rings (SSSR count). The number of rotatable bonds is 3. The Morgan fingerprint density at radius 1 is 0.826 bits per heavy atom. The van der Waals surface area contributed by atoms with E-state index >= 15 is 0 Å². The van der Waals surface area contributed by atoms with Crippen molar-refractivity contribution in [1.82, 2.24) is 4.90 Å². The molecule has 118 valence electrons. The van der Waals surface area contributed by atoms with Gasteiger partial charge in [0.15, 0.2) is 0 Å². The molecule has 0 unspecified atom stereocenters. The highest BCUT2D eigenvalue weighted by molar-refractivity contribution is 6.07. The molecule has 2 aromatic carbocycles. The maximum absolute atomic E-state index is 12.9. The molecular weight excluding hydrogens is 290 g/mol. The van der Waals surface area contributed by atoms with Gasteiger partial charge in [-0.05, 0) is 37.0 Å². The molecule has 0 radical (unpaired) electrons. The number of piperidine rings is 1. The average molecular weight is 309 g/mol. The van der Waals surface area contributed by atoms with Gasteiger partial charge < -0.3 is 10.0 Å². The molecule has 0 atom stereocenters. The van der Waals surface area contributed by atoms with Crippen LogP contribution in [0.15, 0.2) is 48.5 Å². The summed E-state index contributed by atoms with van der Waals surface area (Å²) >= 11 is 0. The van der Waals surface area contributed by atoms with Crippen LogP contribution in [-0.4, -0.2) is 35.0 Å². The number of likely N-dealkylation sites (tertiary alicyclic amines) is 1. The summed E-state index contributed by atoms with van der Waals surface area (Å²) in [7, 11) is 0. The van der Waals surface area contributed by atoms with Gasteiger partial charge in [0.05, 0.1) is 5.56 Å². The van der Waals surface area contributed by atoms with Crippen LogP contribution in [0.25, 0.3) is 11.1 Å². The number of hydrogen-bond acceptors (Lipinski definition) is 2. The van der Waals surface area contributed by atoms with Crippen LogP contribution in [0.1, 0.15) is 40.0 Å². The van der Waals surface area contributed by atoms with Crippen molar-refractivity contribution in [2.75, 3.05) is 13.1 Å². The van der Waals surface area contributed by atoms with Crippen molar-refractivity contribution in [3.8, 4) is 11.1 Å². The van der Waals surface area contributed by atoms with E-state index in [1.807, 2.05) is 35.2 Å². The summed E-state index contributed by atoms with van der Waals surface area (Å²) in [5.41, 5.74) is 1.90. The van der Waals surface area contributed by atoms with Crippen molar-refractivity contribution in [1.29, 1.82) is 0 Å². The lowest BCUT2D eigenvalue weighted by atomic mass is 9.93. The molecule has 0 saturated carbocycles. The molecule has 4 nitrogen and oxygen atoms in total. The first kappa shape index (κ1) is 15.3. The summed E-state index contributed by atoms with van der Waals surface area (Å²) in [5.74, 6) is -1.09. The first-order valence-corrected chi connectivity index (χ1v) is 7.89. The third-order valence-corrected chi connectivity index (χ3v) is 4.23. The highest BCUT2D eigenvalue weighted by Gasteiger charge is 2.24. The van der Waals surface area contributed by atoms with E-state index in [0.29, 0.717) is 11.1 Å². The minimum absolute atomic E-state index is 0.0772. The van der Waals surface area contributed by atoms with E-state index in [2.05, 4.69) is 0 Å². The van der Waals surface area contributed by atoms with Crippen molar-refractivity contribution < 1.29 is 14.7 Å². The van der Waals surface area contributed by atoms with E-state index in [9.17, 15) is 14.7 Å². The van der Waals surface area contributed by atoms with Gasteiger partial charge in [-0.25, -0.2) is 4.79 Å². The molecule has 0 spiro atoms. The molecular formula is C19H19NO3. The Morgan fingerprint density at radius 3 is 2.13 bits per heavy atom. The lowest BCUT2D eigenvalue weighted by Gasteiger charge is -2.27. The number of aromatic carboxylic acids is 1. The Balaban J connectivity index is 2.11. The van der Waals surface area contributed by atoms with Crippen LogP contribution in [0, 0.1) is 0 Å². The van der Waals surface area contributed by atoms with Crippen LogP contribution in [0.2, 0.25) is 0 Å². The van der Waals surface area contributed by atoms with E-state index in [0.717, 1.165) is 37.9 Å². The molecule has 1 aliphatic rings. The number of carboxylic acids is 1. The molecule has 1 N–H and O–H groups in total. The van der Waals surface area contributed by atoms with Crippen molar-refractivity contribution in [2.45, 2.75) is 19.3 Å². The van der Waals surface area contributed by atoms with Gasteiger partial charge in [0.1, 0.15) is 0 Å². The van der Waals surface area contributed by atoms with E-state index < -0.39 is 5.97 Å². The normalized spacial score (nSPS) is 14.5. The smallest absolute Gasteiger partial charge is 0.336 e. The van der Waals surface area contributed by atoms with Gasteiger partial charge in [-0.1, -0.05) is 36.4 Å². The predicted octanol–water partition coefficient (Wildman–Crippen LogP) is 3.68. The van der Waals surface area contributed by atoms with Crippen LogP contribution >= 0.6 is 0 Å². The van der Waals surface area contributed by atoms with E-state index in [1.54, 1.807) is 18.2 Å². The summed E-state index contributed by atoms with van der Waals surface area (Å²) in [6.07, 6.45) is 3.15. The van der Waals surface area contributed by atoms with Gasteiger partial charge in [-0.3, -0.25) is 4.79 Å². The quantitative estimate of drug-likeness (QED) is 0.941. The number of amides is 1. The summed E-state index contributed by atoms with van der Waals surface area (Å²) in [6.45, 7) is 1.48.